The Morgan fingerprint density at radius 3 is 2.29 bits per heavy atom. The average Bonchev–Trinajstić information content (AvgIpc) is 2.32. The van der Waals surface area contributed by atoms with Gasteiger partial charge in [-0.25, -0.2) is 0 Å². The van der Waals surface area contributed by atoms with Gasteiger partial charge in [0.15, 0.2) is 0 Å². The van der Waals surface area contributed by atoms with Crippen molar-refractivity contribution in [3.8, 4) is 11.5 Å². The summed E-state index contributed by atoms with van der Waals surface area (Å²) in [6, 6.07) is 7.68. The zero-order valence-electron chi connectivity index (χ0n) is 10.3. The average molecular weight is 421 g/mol. The molecule has 0 radical (unpaired) electrons. The molecule has 116 valence electrons. The number of ketones is 1. The van der Waals surface area contributed by atoms with Crippen LogP contribution in [0.25, 0.3) is 0 Å². The summed E-state index contributed by atoms with van der Waals surface area (Å²) in [7, 11) is 0. The van der Waals surface area contributed by atoms with Crippen LogP contribution in [0.3, 0.4) is 0 Å². The number of carbonyl (C=O) groups excluding carboxylic acids is 1. The topological polar surface area (TPSA) is 20.5 Å². The van der Waals surface area contributed by atoms with E-state index in [1.54, 1.807) is 0 Å². The van der Waals surface area contributed by atoms with Crippen molar-refractivity contribution in [2.45, 2.75) is 6.42 Å². The molecule has 2 aliphatic rings. The van der Waals surface area contributed by atoms with Crippen LogP contribution in [-0.4, -0.2) is 25.3 Å². The first-order valence-electron chi connectivity index (χ1n) is 5.64. The predicted molar refractivity (Wildman–Crippen MR) is 65.8 cm³/mol. The van der Waals surface area contributed by atoms with Gasteiger partial charge in [-0.15, -0.1) is 0 Å². The first kappa shape index (κ1) is 15.9. The number of para-hydroxylation sites is 2. The summed E-state index contributed by atoms with van der Waals surface area (Å²) in [5, 5.41) is 0. The van der Waals surface area contributed by atoms with Gasteiger partial charge in [-0.1, -0.05) is 18.2 Å². The standard InChI is InChI=1S/C12H9O2.6FH.Sb/c1-2-6-10-9(5-1)13-11-7-3-4-8-12(11)14-10;;;;;;;/h1-3,5-8H,4H2;6*1H;/q+1;;;;;;;+5/p-6. The van der Waals surface area contributed by atoms with Crippen LogP contribution in [0.1, 0.15) is 6.42 Å². The Balaban J connectivity index is 0.000000199. The summed E-state index contributed by atoms with van der Waals surface area (Å²) in [4.78, 5) is 0. The Morgan fingerprint density at radius 2 is 1.62 bits per heavy atom. The molecule has 3 rings (SSSR count). The fourth-order valence-corrected chi connectivity index (χ4v) is 1.56. The Kier molecular flexibility index (Phi) is 3.44. The van der Waals surface area contributed by atoms with Gasteiger partial charge in [0, 0.05) is 12.1 Å². The van der Waals surface area contributed by atoms with E-state index in [0.29, 0.717) is 0 Å². The zero-order chi connectivity index (χ0) is 15.8. The molecule has 1 aromatic rings. The number of hydrogen-bond donors (Lipinski definition) is 0. The van der Waals surface area contributed by atoms with Crippen molar-refractivity contribution in [3.05, 3.63) is 48.3 Å². The number of hydrogen-bond acceptors (Lipinski definition) is 1. The third kappa shape index (κ3) is 6.25. The van der Waals surface area contributed by atoms with Crippen LogP contribution in [0.15, 0.2) is 48.3 Å². The summed E-state index contributed by atoms with van der Waals surface area (Å²) in [6.07, 6.45) is 6.93. The molecule has 9 heteroatoms. The second kappa shape index (κ2) is 4.53. The van der Waals surface area contributed by atoms with Crippen LogP contribution in [0.4, 0.5) is 16.9 Å². The van der Waals surface area contributed by atoms with E-state index in [1.807, 2.05) is 36.4 Å². The van der Waals surface area contributed by atoms with Crippen molar-refractivity contribution >= 4 is 25.3 Å². The molecule has 0 aromatic heterocycles. The summed E-state index contributed by atoms with van der Waals surface area (Å²) in [5.74, 6) is 3.20. The molecular weight excluding hydrogens is 412 g/mol. The minimum atomic E-state index is -11.2. The molecule has 0 fully saturated rings. The van der Waals surface area contributed by atoms with Crippen molar-refractivity contribution in [2.24, 2.45) is 0 Å². The second-order valence-corrected chi connectivity index (χ2v) is 9.65. The predicted octanol–water partition coefficient (Wildman–Crippen LogP) is 4.88. The van der Waals surface area contributed by atoms with Gasteiger partial charge >= 0.3 is 47.9 Å². The maximum absolute atomic E-state index is 11.2. The molecule has 0 unspecified atom stereocenters. The van der Waals surface area contributed by atoms with Crippen LogP contribution in [0.5, 0.6) is 11.5 Å². The van der Waals surface area contributed by atoms with Crippen LogP contribution in [0, 0.1) is 0 Å². The molecule has 21 heavy (non-hydrogen) atoms. The molecule has 1 heterocycles. The van der Waals surface area contributed by atoms with Crippen LogP contribution in [-0.2, 0) is 4.42 Å². The minimum absolute atomic E-state index is 0.784. The Labute approximate surface area is 117 Å². The molecule has 1 aliphatic heterocycles. The van der Waals surface area contributed by atoms with E-state index in [1.165, 1.54) is 0 Å². The number of rotatable bonds is 0. The summed E-state index contributed by atoms with van der Waals surface area (Å²) in [5.41, 5.74) is 0. The number of benzene rings is 1. The van der Waals surface area contributed by atoms with Crippen LogP contribution >= 0.6 is 0 Å². The van der Waals surface area contributed by atoms with Crippen molar-refractivity contribution in [2.75, 3.05) is 0 Å². The van der Waals surface area contributed by atoms with Gasteiger partial charge in [0.05, 0.1) is 0 Å². The van der Waals surface area contributed by atoms with E-state index in [0.717, 1.165) is 29.5 Å². The Hall–Kier alpha value is -1.43. The summed E-state index contributed by atoms with van der Waals surface area (Å²) in [6.45, 7) is 0. The van der Waals surface area contributed by atoms with Crippen molar-refractivity contribution in [3.63, 3.8) is 0 Å². The monoisotopic (exact) mass is 420 g/mol. The molecular formula is C12H9F6O2Sb. The fourth-order valence-electron chi connectivity index (χ4n) is 1.56. The van der Waals surface area contributed by atoms with Gasteiger partial charge in [0.1, 0.15) is 0 Å². The van der Waals surface area contributed by atoms with E-state index in [-0.39, 0.29) is 0 Å². The van der Waals surface area contributed by atoms with E-state index in [4.69, 9.17) is 9.16 Å². The fraction of sp³-hybridized carbons (Fsp3) is 0.0833. The molecule has 0 bridgehead atoms. The molecule has 1 aromatic carbocycles. The molecule has 0 amide bonds. The quantitative estimate of drug-likeness (QED) is 0.333. The summed E-state index contributed by atoms with van der Waals surface area (Å²) >= 11 is -11.2. The van der Waals surface area contributed by atoms with Gasteiger partial charge in [-0.3, -0.25) is 0 Å². The Bertz CT molecular complexity index is 646. The van der Waals surface area contributed by atoms with Gasteiger partial charge in [-0.05, 0) is 18.6 Å². The second-order valence-electron chi connectivity index (χ2n) is 4.18. The van der Waals surface area contributed by atoms with Crippen molar-refractivity contribution < 1.29 is 26.0 Å². The molecule has 0 spiro atoms. The van der Waals surface area contributed by atoms with Crippen molar-refractivity contribution in [1.82, 2.24) is 0 Å². The molecule has 0 saturated carbocycles. The van der Waals surface area contributed by atoms with Gasteiger partial charge in [0.2, 0.25) is 11.5 Å². The van der Waals surface area contributed by atoms with Crippen LogP contribution < -0.4 is 4.74 Å². The maximum atomic E-state index is 9.93. The zero-order valence-corrected chi connectivity index (χ0v) is 12.8. The normalized spacial score (nSPS) is 19.3. The third-order valence-electron chi connectivity index (χ3n) is 2.24. The van der Waals surface area contributed by atoms with Crippen molar-refractivity contribution in [1.29, 1.82) is 0 Å². The first-order valence-corrected chi connectivity index (χ1v) is 11.4. The molecule has 1 aliphatic carbocycles. The van der Waals surface area contributed by atoms with Gasteiger partial charge < -0.3 is 4.74 Å². The van der Waals surface area contributed by atoms with Crippen LogP contribution in [0.2, 0.25) is 0 Å². The first-order chi connectivity index (χ1) is 9.38. The van der Waals surface area contributed by atoms with E-state index < -0.39 is 19.5 Å². The number of halogens is 6. The number of allylic oxidation sites excluding steroid dienone is 3. The van der Waals surface area contributed by atoms with E-state index in [2.05, 4.69) is 6.08 Å². The van der Waals surface area contributed by atoms with Gasteiger partial charge in [0.25, 0.3) is 0 Å². The number of ether oxygens (including phenoxy) is 1. The molecule has 0 saturated heterocycles. The SMILES string of the molecule is C1=CC2=[O+]c3ccccc3OC2=CC1.[F][Sb-]([F])([F])([F])([F])[F]. The molecule has 2 nitrogen and oxygen atoms in total. The number of fused-ring (bicyclic) bond motifs is 2. The summed E-state index contributed by atoms with van der Waals surface area (Å²) < 4.78 is 70.9. The molecule has 0 N–H and O–H groups in total. The van der Waals surface area contributed by atoms with Gasteiger partial charge in [-0.2, -0.15) is 4.42 Å². The third-order valence-corrected chi connectivity index (χ3v) is 2.24. The van der Waals surface area contributed by atoms with E-state index >= 15 is 0 Å². The Morgan fingerprint density at radius 1 is 1.00 bits per heavy atom. The molecule has 0 atom stereocenters. The van der Waals surface area contributed by atoms with E-state index in [9.17, 15) is 16.9 Å².